The lowest BCUT2D eigenvalue weighted by atomic mass is 10.4. The number of hydrogen-bond donors (Lipinski definition) is 2. The minimum atomic E-state index is -5.08. The van der Waals surface area contributed by atoms with Crippen LogP contribution in [0.5, 0.6) is 0 Å². The van der Waals surface area contributed by atoms with Crippen molar-refractivity contribution in [2.45, 2.75) is 29.6 Å². The largest absolute Gasteiger partial charge is 0.490 e. The Bertz CT molecular complexity index is 1070. The summed E-state index contributed by atoms with van der Waals surface area (Å²) in [7, 11) is -7.30. The van der Waals surface area contributed by atoms with E-state index in [0.717, 1.165) is 17.8 Å². The molecule has 206 valence electrons. The zero-order chi connectivity index (χ0) is 27.0. The van der Waals surface area contributed by atoms with Gasteiger partial charge in [0.2, 0.25) is 15.9 Å². The van der Waals surface area contributed by atoms with Gasteiger partial charge in [-0.1, -0.05) is 6.07 Å². The molecule has 1 amide bonds. The molecule has 11 nitrogen and oxygen atoms in total. The molecule has 17 heteroatoms. The highest BCUT2D eigenvalue weighted by Gasteiger charge is 2.38. The molecule has 0 aromatic carbocycles. The quantitative estimate of drug-likeness (QED) is 0.411. The van der Waals surface area contributed by atoms with Crippen LogP contribution in [0.4, 0.5) is 13.2 Å². The van der Waals surface area contributed by atoms with Crippen LogP contribution in [0.15, 0.2) is 21.7 Å². The van der Waals surface area contributed by atoms with Gasteiger partial charge in [0.1, 0.15) is 4.21 Å². The van der Waals surface area contributed by atoms with E-state index in [2.05, 4.69) is 5.32 Å². The third kappa shape index (κ3) is 8.95. The van der Waals surface area contributed by atoms with Crippen molar-refractivity contribution in [2.24, 2.45) is 0 Å². The second kappa shape index (κ2) is 13.1. The number of rotatable bonds is 10. The second-order valence-corrected chi connectivity index (χ2v) is 13.1. The number of likely N-dealkylation sites (tertiary alicyclic amines) is 1. The van der Waals surface area contributed by atoms with Crippen LogP contribution in [0.3, 0.4) is 0 Å². The average Bonchev–Trinajstić information content (AvgIpc) is 3.49. The molecule has 2 saturated heterocycles. The van der Waals surface area contributed by atoms with Crippen molar-refractivity contribution in [2.75, 3.05) is 58.1 Å². The first-order chi connectivity index (χ1) is 16.7. The van der Waals surface area contributed by atoms with Crippen LogP contribution in [0.1, 0.15) is 19.3 Å². The van der Waals surface area contributed by atoms with Gasteiger partial charge < -0.3 is 15.3 Å². The number of halogens is 3. The molecule has 0 spiro atoms. The Morgan fingerprint density at radius 2 is 1.78 bits per heavy atom. The molecule has 0 bridgehead atoms. The van der Waals surface area contributed by atoms with E-state index >= 15 is 0 Å². The molecule has 0 radical (unpaired) electrons. The number of piperazine rings is 1. The standard InChI is InChI=1S/C17H28N4O5S3.C2HF3O2/c22-16-4-1-8-19(16)9-3-10-21(29(25,26)17-5-2-14-27-17)13-15-28(23,24)20-11-6-18-7-12-20;3-2(4,5)1(6)7/h2,5,14,18H,1,3-4,6-13,15H2;(H,6,7). The third-order valence-electron chi connectivity index (χ3n) is 5.41. The Morgan fingerprint density at radius 1 is 1.14 bits per heavy atom. The number of carboxylic acid groups (broad SMARTS) is 1. The van der Waals surface area contributed by atoms with Crippen molar-refractivity contribution in [3.63, 3.8) is 0 Å². The van der Waals surface area contributed by atoms with Gasteiger partial charge in [0.05, 0.1) is 5.75 Å². The number of nitrogens with one attached hydrogen (secondary N) is 1. The summed E-state index contributed by atoms with van der Waals surface area (Å²) in [6.07, 6.45) is -3.23. The third-order valence-corrected chi connectivity index (χ3v) is 10.5. The predicted molar refractivity (Wildman–Crippen MR) is 125 cm³/mol. The lowest BCUT2D eigenvalue weighted by molar-refractivity contribution is -0.192. The van der Waals surface area contributed by atoms with Gasteiger partial charge in [-0.25, -0.2) is 21.6 Å². The molecule has 2 aliphatic heterocycles. The first kappa shape index (κ1) is 30.4. The van der Waals surface area contributed by atoms with Gasteiger partial charge in [0.25, 0.3) is 10.0 Å². The van der Waals surface area contributed by atoms with E-state index in [9.17, 15) is 34.8 Å². The summed E-state index contributed by atoms with van der Waals surface area (Å²) in [6.45, 7) is 3.27. The Morgan fingerprint density at radius 3 is 2.28 bits per heavy atom. The number of carbonyl (C=O) groups excluding carboxylic acids is 1. The number of thiophene rings is 1. The van der Waals surface area contributed by atoms with Crippen molar-refractivity contribution >= 4 is 43.3 Å². The molecule has 0 aliphatic carbocycles. The maximum absolute atomic E-state index is 13.0. The van der Waals surface area contributed by atoms with E-state index in [0.29, 0.717) is 52.1 Å². The number of sulfonamides is 2. The first-order valence-corrected chi connectivity index (χ1v) is 15.0. The van der Waals surface area contributed by atoms with Crippen molar-refractivity contribution in [1.82, 2.24) is 18.8 Å². The molecule has 36 heavy (non-hydrogen) atoms. The fraction of sp³-hybridized carbons (Fsp3) is 0.684. The highest BCUT2D eigenvalue weighted by Crippen LogP contribution is 2.22. The second-order valence-electron chi connectivity index (χ2n) is 7.94. The van der Waals surface area contributed by atoms with E-state index in [4.69, 9.17) is 9.90 Å². The lowest BCUT2D eigenvalue weighted by Gasteiger charge is -2.28. The number of amides is 1. The fourth-order valence-corrected chi connectivity index (χ4v) is 7.72. The molecule has 0 saturated carbocycles. The van der Waals surface area contributed by atoms with Crippen molar-refractivity contribution in [1.29, 1.82) is 0 Å². The van der Waals surface area contributed by atoms with Crippen LogP contribution < -0.4 is 5.32 Å². The Balaban J connectivity index is 0.000000572. The van der Waals surface area contributed by atoms with Crippen LogP contribution in [-0.2, 0) is 29.6 Å². The molecule has 2 N–H and O–H groups in total. The summed E-state index contributed by atoms with van der Waals surface area (Å²) in [5.74, 6) is -2.91. The van der Waals surface area contributed by atoms with Crippen molar-refractivity contribution in [3.8, 4) is 0 Å². The molecule has 1 aromatic heterocycles. The fourth-order valence-electron chi connectivity index (χ4n) is 3.54. The van der Waals surface area contributed by atoms with Gasteiger partial charge in [0, 0.05) is 58.8 Å². The zero-order valence-electron chi connectivity index (χ0n) is 19.3. The summed E-state index contributed by atoms with van der Waals surface area (Å²) in [6, 6.07) is 3.19. The maximum atomic E-state index is 13.0. The summed E-state index contributed by atoms with van der Waals surface area (Å²) < 4.78 is 85.9. The van der Waals surface area contributed by atoms with Gasteiger partial charge in [0.15, 0.2) is 0 Å². The summed E-state index contributed by atoms with van der Waals surface area (Å²) in [4.78, 5) is 22.4. The highest BCUT2D eigenvalue weighted by atomic mass is 32.2. The molecular weight excluding hydrogens is 549 g/mol. The monoisotopic (exact) mass is 578 g/mol. The van der Waals surface area contributed by atoms with Crippen molar-refractivity contribution in [3.05, 3.63) is 17.5 Å². The number of carbonyl (C=O) groups is 2. The first-order valence-electron chi connectivity index (χ1n) is 11.1. The predicted octanol–water partition coefficient (Wildman–Crippen LogP) is 0.620. The van der Waals surface area contributed by atoms with Gasteiger partial charge in [-0.05, 0) is 24.3 Å². The van der Waals surface area contributed by atoms with Gasteiger partial charge in [-0.2, -0.15) is 21.8 Å². The van der Waals surface area contributed by atoms with Crippen molar-refractivity contribution < 1.29 is 44.7 Å². The lowest BCUT2D eigenvalue weighted by Crippen LogP contribution is -2.48. The van der Waals surface area contributed by atoms with Gasteiger partial charge in [-0.3, -0.25) is 4.79 Å². The van der Waals surface area contributed by atoms with Crippen LogP contribution >= 0.6 is 11.3 Å². The zero-order valence-corrected chi connectivity index (χ0v) is 21.8. The summed E-state index contributed by atoms with van der Waals surface area (Å²) >= 11 is 1.12. The molecular formula is C19H29F3N4O7S3. The number of alkyl halides is 3. The molecule has 1 aromatic rings. The van der Waals surface area contributed by atoms with Crippen LogP contribution in [0.25, 0.3) is 0 Å². The van der Waals surface area contributed by atoms with Gasteiger partial charge >= 0.3 is 12.1 Å². The molecule has 2 fully saturated rings. The SMILES string of the molecule is O=C(O)C(F)(F)F.O=C1CCCN1CCCN(CCS(=O)(=O)N1CCNCC1)S(=O)(=O)c1cccs1. The number of hydrogen-bond acceptors (Lipinski definition) is 8. The molecule has 3 rings (SSSR count). The van der Waals surface area contributed by atoms with E-state index in [1.165, 1.54) is 14.7 Å². The van der Waals surface area contributed by atoms with Gasteiger partial charge in [-0.15, -0.1) is 11.3 Å². The van der Waals surface area contributed by atoms with Crippen LogP contribution in [0, 0.1) is 0 Å². The summed E-state index contributed by atoms with van der Waals surface area (Å²) in [5, 5.41) is 11.9. The summed E-state index contributed by atoms with van der Waals surface area (Å²) in [5.41, 5.74) is 0. The van der Waals surface area contributed by atoms with Crippen LogP contribution in [0.2, 0.25) is 0 Å². The van der Waals surface area contributed by atoms with E-state index < -0.39 is 32.2 Å². The molecule has 0 unspecified atom stereocenters. The molecule has 3 heterocycles. The normalized spacial score (nSPS) is 17.8. The van der Waals surface area contributed by atoms with Crippen LogP contribution in [-0.4, -0.2) is 112 Å². The topological polar surface area (TPSA) is 144 Å². The highest BCUT2D eigenvalue weighted by molar-refractivity contribution is 7.91. The van der Waals surface area contributed by atoms with E-state index in [1.54, 1.807) is 16.3 Å². The molecule has 2 aliphatic rings. The number of nitrogens with zero attached hydrogens (tertiary/aromatic N) is 3. The van der Waals surface area contributed by atoms with E-state index in [1.807, 2.05) is 0 Å². The number of carboxylic acids is 1. The minimum Gasteiger partial charge on any atom is -0.475 e. The average molecular weight is 579 g/mol. The Labute approximate surface area is 212 Å². The smallest absolute Gasteiger partial charge is 0.475 e. The Hall–Kier alpha value is -1.79. The Kier molecular flexibility index (Phi) is 11.1. The maximum Gasteiger partial charge on any atom is 0.490 e. The molecule has 0 atom stereocenters. The minimum absolute atomic E-state index is 0.0962. The van der Waals surface area contributed by atoms with E-state index in [-0.39, 0.29) is 29.0 Å². The number of aliphatic carboxylic acids is 1.